The van der Waals surface area contributed by atoms with Gasteiger partial charge in [-0.15, -0.1) is 0 Å². The molecule has 0 amide bonds. The lowest BCUT2D eigenvalue weighted by Crippen LogP contribution is -2.31. The highest BCUT2D eigenvalue weighted by molar-refractivity contribution is 7.89. The van der Waals surface area contributed by atoms with Crippen LogP contribution in [-0.2, 0) is 10.0 Å². The van der Waals surface area contributed by atoms with E-state index >= 15 is 0 Å². The first-order valence-corrected chi connectivity index (χ1v) is 10.9. The number of nitro benzene ring substituents is 1. The van der Waals surface area contributed by atoms with Crippen LogP contribution in [0.25, 0.3) is 0 Å². The van der Waals surface area contributed by atoms with Gasteiger partial charge in [-0.3, -0.25) is 10.1 Å². The highest BCUT2D eigenvalue weighted by atomic mass is 32.2. The molecule has 1 aromatic carbocycles. The van der Waals surface area contributed by atoms with Crippen molar-refractivity contribution < 1.29 is 13.3 Å². The fourth-order valence-corrected chi connectivity index (χ4v) is 4.19. The maximum atomic E-state index is 12.3. The zero-order chi connectivity index (χ0) is 20.9. The number of sulfonamides is 1. The molecule has 3 rings (SSSR count). The maximum Gasteiger partial charge on any atom is 0.270 e. The summed E-state index contributed by atoms with van der Waals surface area (Å²) in [6.07, 6.45) is 3.52. The van der Waals surface area contributed by atoms with Gasteiger partial charge in [0.2, 0.25) is 16.0 Å². The van der Waals surface area contributed by atoms with Gasteiger partial charge < -0.3 is 10.2 Å². The van der Waals surface area contributed by atoms with E-state index in [4.69, 9.17) is 0 Å². The van der Waals surface area contributed by atoms with E-state index in [0.717, 1.165) is 43.5 Å². The van der Waals surface area contributed by atoms with Gasteiger partial charge in [-0.25, -0.2) is 18.1 Å². The molecule has 0 radical (unpaired) electrons. The molecule has 1 aromatic heterocycles. The molecule has 0 bridgehead atoms. The molecule has 0 spiro atoms. The Morgan fingerprint density at radius 3 is 2.62 bits per heavy atom. The Morgan fingerprint density at radius 2 is 1.90 bits per heavy atom. The van der Waals surface area contributed by atoms with E-state index in [2.05, 4.69) is 24.9 Å². The fraction of sp³-hybridized carbons (Fsp3) is 0.444. The Labute approximate surface area is 169 Å². The van der Waals surface area contributed by atoms with Crippen molar-refractivity contribution in [3.8, 4) is 0 Å². The summed E-state index contributed by atoms with van der Waals surface area (Å²) in [7, 11) is -3.85. The van der Waals surface area contributed by atoms with Crippen LogP contribution >= 0.6 is 0 Å². The first-order chi connectivity index (χ1) is 13.8. The second-order valence-corrected chi connectivity index (χ2v) is 8.58. The molecule has 2 heterocycles. The molecule has 10 nitrogen and oxygen atoms in total. The van der Waals surface area contributed by atoms with Gasteiger partial charge in [-0.05, 0) is 32.3 Å². The molecule has 156 valence electrons. The molecule has 0 atom stereocenters. The number of nitrogens with zero attached hydrogens (tertiary/aromatic N) is 4. The van der Waals surface area contributed by atoms with Gasteiger partial charge in [0.1, 0.15) is 5.82 Å². The molecular weight excluding hydrogens is 396 g/mol. The fourth-order valence-electron chi connectivity index (χ4n) is 3.12. The minimum Gasteiger partial charge on any atom is -0.356 e. The lowest BCUT2D eigenvalue weighted by atomic mass is 10.1. The first kappa shape index (κ1) is 20.9. The third-order valence-electron chi connectivity index (χ3n) is 4.56. The van der Waals surface area contributed by atoms with Gasteiger partial charge in [0, 0.05) is 50.1 Å². The number of aryl methyl sites for hydroxylation is 1. The maximum absolute atomic E-state index is 12.3. The normalized spacial score (nSPS) is 14.6. The van der Waals surface area contributed by atoms with Crippen molar-refractivity contribution in [2.45, 2.75) is 31.1 Å². The van der Waals surface area contributed by atoms with E-state index < -0.39 is 14.9 Å². The monoisotopic (exact) mass is 420 g/mol. The predicted octanol–water partition coefficient (Wildman–Crippen LogP) is 2.07. The number of nitro groups is 1. The number of aromatic nitrogens is 2. The molecule has 1 fully saturated rings. The molecule has 1 aliphatic rings. The average molecular weight is 420 g/mol. The minimum atomic E-state index is -3.85. The van der Waals surface area contributed by atoms with Crippen LogP contribution in [0.1, 0.15) is 25.0 Å². The van der Waals surface area contributed by atoms with Crippen molar-refractivity contribution in [3.05, 3.63) is 46.1 Å². The predicted molar refractivity (Wildman–Crippen MR) is 110 cm³/mol. The molecule has 1 aliphatic heterocycles. The Morgan fingerprint density at radius 1 is 1.14 bits per heavy atom. The van der Waals surface area contributed by atoms with Crippen molar-refractivity contribution in [2.24, 2.45) is 0 Å². The smallest absolute Gasteiger partial charge is 0.270 e. The standard InChI is InChI=1S/C18H24N6O4S/c1-14-12-17(23-10-3-2-4-11-23)22-18(21-14)19-8-9-20-29(27,28)16-7-5-6-15(13-16)24(25)26/h5-7,12-13,20H,2-4,8-11H2,1H3,(H,19,21,22). The summed E-state index contributed by atoms with van der Waals surface area (Å²) >= 11 is 0. The number of anilines is 2. The van der Waals surface area contributed by atoms with Crippen LogP contribution in [0.5, 0.6) is 0 Å². The summed E-state index contributed by atoms with van der Waals surface area (Å²) in [6.45, 7) is 4.20. The minimum absolute atomic E-state index is 0.0847. The molecule has 2 N–H and O–H groups in total. The van der Waals surface area contributed by atoms with E-state index in [1.807, 2.05) is 13.0 Å². The second-order valence-electron chi connectivity index (χ2n) is 6.82. The van der Waals surface area contributed by atoms with E-state index in [-0.39, 0.29) is 23.7 Å². The van der Waals surface area contributed by atoms with Gasteiger partial charge in [0.25, 0.3) is 5.69 Å². The molecule has 0 unspecified atom stereocenters. The quantitative estimate of drug-likeness (QED) is 0.377. The second kappa shape index (κ2) is 9.14. The van der Waals surface area contributed by atoms with E-state index in [1.165, 1.54) is 24.6 Å². The number of hydrogen-bond acceptors (Lipinski definition) is 8. The third-order valence-corrected chi connectivity index (χ3v) is 6.02. The number of nitrogens with one attached hydrogen (secondary N) is 2. The van der Waals surface area contributed by atoms with Crippen LogP contribution in [0.3, 0.4) is 0 Å². The molecule has 0 aliphatic carbocycles. The van der Waals surface area contributed by atoms with Gasteiger partial charge in [-0.1, -0.05) is 6.07 Å². The van der Waals surface area contributed by atoms with E-state index in [9.17, 15) is 18.5 Å². The number of rotatable bonds is 8. The SMILES string of the molecule is Cc1cc(N2CCCCC2)nc(NCCNS(=O)(=O)c2cccc([N+](=O)[O-])c2)n1. The number of non-ortho nitro benzene ring substituents is 1. The Kier molecular flexibility index (Phi) is 6.60. The molecule has 2 aromatic rings. The summed E-state index contributed by atoms with van der Waals surface area (Å²) < 4.78 is 27.1. The average Bonchev–Trinajstić information content (AvgIpc) is 2.71. The van der Waals surface area contributed by atoms with Crippen LogP contribution in [-0.4, -0.2) is 49.5 Å². The highest BCUT2D eigenvalue weighted by Gasteiger charge is 2.17. The summed E-state index contributed by atoms with van der Waals surface area (Å²) in [5.41, 5.74) is 0.560. The van der Waals surface area contributed by atoms with Crippen LogP contribution < -0.4 is 14.9 Å². The van der Waals surface area contributed by atoms with Crippen molar-refractivity contribution >= 4 is 27.5 Å². The van der Waals surface area contributed by atoms with Gasteiger partial charge >= 0.3 is 0 Å². The topological polar surface area (TPSA) is 130 Å². The molecular formula is C18H24N6O4S. The summed E-state index contributed by atoms with van der Waals surface area (Å²) in [6, 6.07) is 6.88. The third kappa shape index (κ3) is 5.61. The van der Waals surface area contributed by atoms with Gasteiger partial charge in [-0.2, -0.15) is 4.98 Å². The molecule has 29 heavy (non-hydrogen) atoms. The van der Waals surface area contributed by atoms with Crippen LogP contribution in [0.15, 0.2) is 35.2 Å². The zero-order valence-electron chi connectivity index (χ0n) is 16.2. The largest absolute Gasteiger partial charge is 0.356 e. The first-order valence-electron chi connectivity index (χ1n) is 9.44. The summed E-state index contributed by atoms with van der Waals surface area (Å²) in [5.74, 6) is 1.32. The molecule has 0 saturated carbocycles. The van der Waals surface area contributed by atoms with Crippen LogP contribution in [0.4, 0.5) is 17.5 Å². The lowest BCUT2D eigenvalue weighted by molar-refractivity contribution is -0.385. The van der Waals surface area contributed by atoms with Crippen LogP contribution in [0.2, 0.25) is 0 Å². The lowest BCUT2D eigenvalue weighted by Gasteiger charge is -2.28. The van der Waals surface area contributed by atoms with E-state index in [1.54, 1.807) is 0 Å². The summed E-state index contributed by atoms with van der Waals surface area (Å²) in [4.78, 5) is 21.2. The van der Waals surface area contributed by atoms with Crippen molar-refractivity contribution in [2.75, 3.05) is 36.4 Å². The zero-order valence-corrected chi connectivity index (χ0v) is 17.0. The number of benzene rings is 1. The highest BCUT2D eigenvalue weighted by Crippen LogP contribution is 2.20. The molecule has 1 saturated heterocycles. The Hall–Kier alpha value is -2.79. The van der Waals surface area contributed by atoms with Gasteiger partial charge in [0.05, 0.1) is 9.82 Å². The van der Waals surface area contributed by atoms with Crippen molar-refractivity contribution in [1.29, 1.82) is 0 Å². The van der Waals surface area contributed by atoms with Crippen molar-refractivity contribution in [3.63, 3.8) is 0 Å². The van der Waals surface area contributed by atoms with E-state index in [0.29, 0.717) is 5.95 Å². The summed E-state index contributed by atoms with van der Waals surface area (Å²) in [5, 5.41) is 13.9. The van der Waals surface area contributed by atoms with Crippen molar-refractivity contribution in [1.82, 2.24) is 14.7 Å². The number of hydrogen-bond donors (Lipinski definition) is 2. The van der Waals surface area contributed by atoms with Gasteiger partial charge in [0.15, 0.2) is 0 Å². The Balaban J connectivity index is 1.58. The van der Waals surface area contributed by atoms with Crippen LogP contribution in [0, 0.1) is 17.0 Å². The molecule has 11 heteroatoms. The number of piperidine rings is 1. The Bertz CT molecular complexity index is 976.